The van der Waals surface area contributed by atoms with E-state index in [4.69, 9.17) is 0 Å². The number of nitrogens with one attached hydrogen (secondary N) is 2. The molecule has 1 aromatic carbocycles. The van der Waals surface area contributed by atoms with Crippen LogP contribution in [0.15, 0.2) is 35.3 Å². The van der Waals surface area contributed by atoms with E-state index in [1.54, 1.807) is 0 Å². The minimum Gasteiger partial charge on any atom is -0.286 e. The van der Waals surface area contributed by atoms with Gasteiger partial charge in [0.25, 0.3) is 5.91 Å². The second-order valence-electron chi connectivity index (χ2n) is 3.14. The van der Waals surface area contributed by atoms with E-state index >= 15 is 0 Å². The summed E-state index contributed by atoms with van der Waals surface area (Å²) in [5.74, 6) is 0.597. The summed E-state index contributed by atoms with van der Waals surface area (Å²) in [5, 5.41) is 0. The highest BCUT2D eigenvalue weighted by Gasteiger charge is 2.22. The van der Waals surface area contributed by atoms with Gasteiger partial charge in [0.2, 0.25) is 0 Å². The van der Waals surface area contributed by atoms with Crippen molar-refractivity contribution in [1.29, 1.82) is 0 Å². The molecule has 0 bridgehead atoms. The van der Waals surface area contributed by atoms with Crippen LogP contribution < -0.4 is 10.9 Å². The van der Waals surface area contributed by atoms with Crippen LogP contribution >= 0.6 is 0 Å². The Bertz CT molecular complexity index is 372. The molecule has 1 atom stereocenters. The molecule has 14 heavy (non-hydrogen) atoms. The first kappa shape index (κ1) is 8.74. The zero-order valence-electron chi connectivity index (χ0n) is 7.82. The molecule has 2 N–H and O–H groups in total. The lowest BCUT2D eigenvalue weighted by Gasteiger charge is -2.20. The van der Waals surface area contributed by atoms with Crippen LogP contribution in [-0.2, 0) is 4.79 Å². The lowest BCUT2D eigenvalue weighted by molar-refractivity contribution is -0.123. The van der Waals surface area contributed by atoms with Gasteiger partial charge in [-0.1, -0.05) is 30.3 Å². The van der Waals surface area contributed by atoms with Crippen LogP contribution in [0, 0.1) is 0 Å². The van der Waals surface area contributed by atoms with Gasteiger partial charge in [0, 0.05) is 0 Å². The molecular weight excluding hydrogens is 178 g/mol. The number of carbonyl (C=O) groups excluding carboxylic acids is 1. The Morgan fingerprint density at radius 2 is 1.93 bits per heavy atom. The summed E-state index contributed by atoms with van der Waals surface area (Å²) in [4.78, 5) is 15.7. The van der Waals surface area contributed by atoms with E-state index in [0.29, 0.717) is 0 Å². The van der Waals surface area contributed by atoms with E-state index in [-0.39, 0.29) is 5.91 Å². The van der Waals surface area contributed by atoms with Gasteiger partial charge in [0.1, 0.15) is 5.84 Å². The maximum atomic E-state index is 11.5. The van der Waals surface area contributed by atoms with Crippen LogP contribution in [-0.4, -0.2) is 11.7 Å². The van der Waals surface area contributed by atoms with Crippen LogP contribution in [0.2, 0.25) is 0 Å². The van der Waals surface area contributed by atoms with Crippen molar-refractivity contribution in [1.82, 2.24) is 10.9 Å². The van der Waals surface area contributed by atoms with Gasteiger partial charge in [-0.3, -0.25) is 20.6 Å². The minimum absolute atomic E-state index is 0.123. The first-order valence-electron chi connectivity index (χ1n) is 4.42. The third-order valence-corrected chi connectivity index (χ3v) is 2.05. The van der Waals surface area contributed by atoms with Gasteiger partial charge in [-0.25, -0.2) is 0 Å². The molecule has 1 unspecified atom stereocenters. The van der Waals surface area contributed by atoms with E-state index in [2.05, 4.69) is 15.8 Å². The highest BCUT2D eigenvalue weighted by Crippen LogP contribution is 2.18. The van der Waals surface area contributed by atoms with Gasteiger partial charge in [-0.2, -0.15) is 0 Å². The summed E-state index contributed by atoms with van der Waals surface area (Å²) in [6.45, 7) is 1.81. The number of hydrogen-bond donors (Lipinski definition) is 2. The molecule has 1 amide bonds. The second kappa shape index (κ2) is 3.49. The lowest BCUT2D eigenvalue weighted by atomic mass is 10.1. The van der Waals surface area contributed by atoms with E-state index in [1.165, 1.54) is 0 Å². The second-order valence-corrected chi connectivity index (χ2v) is 3.14. The smallest absolute Gasteiger partial charge is 0.267 e. The van der Waals surface area contributed by atoms with Crippen molar-refractivity contribution < 1.29 is 4.79 Å². The average Bonchev–Trinajstić information content (AvgIpc) is 2.23. The Labute approximate surface area is 82.0 Å². The van der Waals surface area contributed by atoms with Crippen molar-refractivity contribution in [2.75, 3.05) is 0 Å². The number of rotatable bonds is 1. The molecular formula is C10H11N3O. The summed E-state index contributed by atoms with van der Waals surface area (Å²) < 4.78 is 0. The van der Waals surface area contributed by atoms with E-state index in [9.17, 15) is 4.79 Å². The summed E-state index contributed by atoms with van der Waals surface area (Å²) in [6, 6.07) is 9.08. The normalized spacial score (nSPS) is 20.8. The summed E-state index contributed by atoms with van der Waals surface area (Å²) in [6.07, 6.45) is 0. The fourth-order valence-corrected chi connectivity index (χ4v) is 1.37. The maximum Gasteiger partial charge on any atom is 0.267 e. The third-order valence-electron chi connectivity index (χ3n) is 2.05. The standard InChI is InChI=1S/C10H11N3O/c1-7-11-9(10(14)13-12-7)8-5-3-2-4-6-8/h2-6,9H,1H3,(H,11,12)(H,13,14). The number of amidine groups is 1. The van der Waals surface area contributed by atoms with Gasteiger partial charge in [0.05, 0.1) is 0 Å². The molecule has 0 spiro atoms. The molecule has 1 aromatic rings. The third kappa shape index (κ3) is 1.59. The molecule has 0 aromatic heterocycles. The van der Waals surface area contributed by atoms with E-state index < -0.39 is 6.04 Å². The van der Waals surface area contributed by atoms with Gasteiger partial charge in [0.15, 0.2) is 6.04 Å². The predicted molar refractivity (Wildman–Crippen MR) is 53.6 cm³/mol. The molecule has 72 valence electrons. The Morgan fingerprint density at radius 1 is 1.21 bits per heavy atom. The number of nitrogens with zero attached hydrogens (tertiary/aromatic N) is 1. The fraction of sp³-hybridized carbons (Fsp3) is 0.200. The van der Waals surface area contributed by atoms with Gasteiger partial charge in [-0.15, -0.1) is 0 Å². The first-order valence-corrected chi connectivity index (χ1v) is 4.42. The van der Waals surface area contributed by atoms with Crippen LogP contribution in [0.25, 0.3) is 0 Å². The molecule has 4 nitrogen and oxygen atoms in total. The van der Waals surface area contributed by atoms with Crippen LogP contribution in [0.5, 0.6) is 0 Å². The van der Waals surface area contributed by atoms with Crippen molar-refractivity contribution in [3.8, 4) is 0 Å². The van der Waals surface area contributed by atoms with Crippen LogP contribution in [0.1, 0.15) is 18.5 Å². The Kier molecular flexibility index (Phi) is 2.18. The van der Waals surface area contributed by atoms with Crippen LogP contribution in [0.4, 0.5) is 0 Å². The van der Waals surface area contributed by atoms with E-state index in [1.807, 2.05) is 37.3 Å². The molecule has 0 fully saturated rings. The molecule has 0 saturated heterocycles. The quantitative estimate of drug-likeness (QED) is 0.686. The lowest BCUT2D eigenvalue weighted by Crippen LogP contribution is -2.47. The first-order chi connectivity index (χ1) is 6.77. The fourth-order valence-electron chi connectivity index (χ4n) is 1.37. The van der Waals surface area contributed by atoms with Gasteiger partial charge in [-0.05, 0) is 12.5 Å². The zero-order chi connectivity index (χ0) is 9.97. The number of amides is 1. The van der Waals surface area contributed by atoms with Crippen LogP contribution in [0.3, 0.4) is 0 Å². The van der Waals surface area contributed by atoms with Crippen molar-refractivity contribution in [3.05, 3.63) is 35.9 Å². The number of benzene rings is 1. The van der Waals surface area contributed by atoms with Crippen molar-refractivity contribution >= 4 is 11.7 Å². The highest BCUT2D eigenvalue weighted by molar-refractivity contribution is 5.93. The average molecular weight is 189 g/mol. The number of aliphatic imine (C=N–C) groups is 1. The molecule has 1 aliphatic rings. The molecule has 4 heteroatoms. The summed E-state index contributed by atoms with van der Waals surface area (Å²) >= 11 is 0. The molecule has 0 saturated carbocycles. The minimum atomic E-state index is -0.419. The van der Waals surface area contributed by atoms with Gasteiger partial charge < -0.3 is 0 Å². The SMILES string of the molecule is CC1=NC(c2ccccc2)C(=O)NN1. The Morgan fingerprint density at radius 3 is 2.64 bits per heavy atom. The number of carbonyl (C=O) groups is 1. The van der Waals surface area contributed by atoms with Crippen molar-refractivity contribution in [2.24, 2.45) is 4.99 Å². The molecule has 0 radical (unpaired) electrons. The van der Waals surface area contributed by atoms with E-state index in [0.717, 1.165) is 11.4 Å². The Hall–Kier alpha value is -1.84. The monoisotopic (exact) mass is 189 g/mol. The Balaban J connectivity index is 2.34. The highest BCUT2D eigenvalue weighted by atomic mass is 16.2. The van der Waals surface area contributed by atoms with Crippen molar-refractivity contribution in [2.45, 2.75) is 13.0 Å². The summed E-state index contributed by atoms with van der Waals surface area (Å²) in [5.41, 5.74) is 6.15. The topological polar surface area (TPSA) is 53.5 Å². The molecule has 2 rings (SSSR count). The number of hydrazine groups is 1. The van der Waals surface area contributed by atoms with Gasteiger partial charge >= 0.3 is 0 Å². The zero-order valence-corrected chi connectivity index (χ0v) is 7.82. The maximum absolute atomic E-state index is 11.5. The molecule has 1 aliphatic heterocycles. The predicted octanol–water partition coefficient (Wildman–Crippen LogP) is 0.780. The van der Waals surface area contributed by atoms with Crippen molar-refractivity contribution in [3.63, 3.8) is 0 Å². The largest absolute Gasteiger partial charge is 0.286 e. The molecule has 0 aliphatic carbocycles. The summed E-state index contributed by atoms with van der Waals surface area (Å²) in [7, 11) is 0. The number of hydrogen-bond acceptors (Lipinski definition) is 3. The molecule has 1 heterocycles.